The minimum atomic E-state index is 0.197. The SMILES string of the molecule is CCCCCCCCCCCCSCc1ccc(C(C)c2ccccc2O)c(CSCCCCCCCCCCCC)c1. The standard InChI is InChI=1S/C40H66OS2/c1-4-6-8-10-12-14-16-18-20-24-30-42-33-36-28-29-38(35(3)39-26-22-23-27-40(39)41)37(32-36)34-43-31-25-21-19-17-15-13-11-9-7-5-2/h22-23,26-29,32,35,41H,4-21,24-25,30-31,33-34H2,1-3H3. The molecule has 2 aromatic rings. The molecule has 3 heteroatoms. The normalized spacial score (nSPS) is 12.2. The molecule has 0 amide bonds. The van der Waals surface area contributed by atoms with E-state index in [9.17, 15) is 5.11 Å². The van der Waals surface area contributed by atoms with Crippen LogP contribution in [0.5, 0.6) is 5.75 Å². The van der Waals surface area contributed by atoms with Crippen molar-refractivity contribution < 1.29 is 5.11 Å². The maximum absolute atomic E-state index is 10.5. The van der Waals surface area contributed by atoms with Crippen molar-refractivity contribution in [1.29, 1.82) is 0 Å². The molecule has 0 aliphatic carbocycles. The summed E-state index contributed by atoms with van der Waals surface area (Å²) in [4.78, 5) is 0. The van der Waals surface area contributed by atoms with Gasteiger partial charge in [0.25, 0.3) is 0 Å². The molecule has 1 nitrogen and oxygen atoms in total. The molecule has 2 rings (SSSR count). The average molecular weight is 627 g/mol. The largest absolute Gasteiger partial charge is 0.508 e. The van der Waals surface area contributed by atoms with E-state index in [1.807, 2.05) is 18.2 Å². The molecule has 0 saturated carbocycles. The first-order valence-electron chi connectivity index (χ1n) is 18.2. The first kappa shape index (κ1) is 38.1. The van der Waals surface area contributed by atoms with Gasteiger partial charge in [0.2, 0.25) is 0 Å². The summed E-state index contributed by atoms with van der Waals surface area (Å²) in [5.74, 6) is 5.31. The van der Waals surface area contributed by atoms with Crippen molar-refractivity contribution in [3.63, 3.8) is 0 Å². The molecule has 0 saturated heterocycles. The molecule has 1 atom stereocenters. The number of unbranched alkanes of at least 4 members (excludes halogenated alkanes) is 18. The third kappa shape index (κ3) is 17.9. The summed E-state index contributed by atoms with van der Waals surface area (Å²) in [5, 5.41) is 10.5. The highest BCUT2D eigenvalue weighted by molar-refractivity contribution is 7.98. The van der Waals surface area contributed by atoms with E-state index in [-0.39, 0.29) is 5.92 Å². The Bertz CT molecular complexity index is 926. The van der Waals surface area contributed by atoms with Crippen LogP contribution >= 0.6 is 23.5 Å². The van der Waals surface area contributed by atoms with Gasteiger partial charge in [0, 0.05) is 23.0 Å². The van der Waals surface area contributed by atoms with Crippen LogP contribution in [0.25, 0.3) is 0 Å². The van der Waals surface area contributed by atoms with Gasteiger partial charge in [-0.25, -0.2) is 0 Å². The zero-order chi connectivity index (χ0) is 30.8. The summed E-state index contributed by atoms with van der Waals surface area (Å²) in [7, 11) is 0. The van der Waals surface area contributed by atoms with Gasteiger partial charge in [-0.2, -0.15) is 23.5 Å². The Morgan fingerprint density at radius 1 is 0.535 bits per heavy atom. The van der Waals surface area contributed by atoms with Crippen LogP contribution < -0.4 is 0 Å². The predicted octanol–water partition coefficient (Wildman–Crippen LogP) is 13.9. The average Bonchev–Trinajstić information content (AvgIpc) is 3.02. The molecule has 0 spiro atoms. The smallest absolute Gasteiger partial charge is 0.119 e. The molecule has 244 valence electrons. The minimum absolute atomic E-state index is 0.197. The van der Waals surface area contributed by atoms with Crippen molar-refractivity contribution in [1.82, 2.24) is 0 Å². The Labute approximate surface area is 276 Å². The Kier molecular flexibility index (Phi) is 23.2. The van der Waals surface area contributed by atoms with Crippen LogP contribution in [-0.2, 0) is 11.5 Å². The second-order valence-electron chi connectivity index (χ2n) is 12.8. The number of hydrogen-bond acceptors (Lipinski definition) is 3. The zero-order valence-electron chi connectivity index (χ0n) is 28.4. The summed E-state index contributed by atoms with van der Waals surface area (Å²) in [5.41, 5.74) is 5.33. The molecule has 0 fully saturated rings. The molecule has 43 heavy (non-hydrogen) atoms. The van der Waals surface area contributed by atoms with E-state index < -0.39 is 0 Å². The first-order valence-corrected chi connectivity index (χ1v) is 20.5. The molecule has 2 aromatic carbocycles. The number of hydrogen-bond donors (Lipinski definition) is 1. The number of phenols is 1. The number of aromatic hydroxyl groups is 1. The van der Waals surface area contributed by atoms with Crippen molar-refractivity contribution in [3.05, 3.63) is 64.7 Å². The summed E-state index contributed by atoms with van der Waals surface area (Å²) in [6.45, 7) is 6.84. The van der Waals surface area contributed by atoms with Crippen molar-refractivity contribution in [3.8, 4) is 5.75 Å². The maximum atomic E-state index is 10.5. The van der Waals surface area contributed by atoms with Crippen LogP contribution in [0.3, 0.4) is 0 Å². The van der Waals surface area contributed by atoms with Crippen LogP contribution in [0.2, 0.25) is 0 Å². The summed E-state index contributed by atoms with van der Waals surface area (Å²) >= 11 is 4.21. The minimum Gasteiger partial charge on any atom is -0.508 e. The number of thioether (sulfide) groups is 2. The van der Waals surface area contributed by atoms with Crippen LogP contribution in [-0.4, -0.2) is 16.6 Å². The van der Waals surface area contributed by atoms with Gasteiger partial charge >= 0.3 is 0 Å². The van der Waals surface area contributed by atoms with Crippen molar-refractivity contribution >= 4 is 23.5 Å². The van der Waals surface area contributed by atoms with E-state index in [1.54, 1.807) is 0 Å². The van der Waals surface area contributed by atoms with Gasteiger partial charge < -0.3 is 5.11 Å². The predicted molar refractivity (Wildman–Crippen MR) is 198 cm³/mol. The maximum Gasteiger partial charge on any atom is 0.119 e. The fraction of sp³-hybridized carbons (Fsp3) is 0.700. The second kappa shape index (κ2) is 26.2. The number of para-hydroxylation sites is 1. The molecule has 0 radical (unpaired) electrons. The monoisotopic (exact) mass is 626 g/mol. The number of rotatable bonds is 28. The Balaban J connectivity index is 1.75. The van der Waals surface area contributed by atoms with Crippen LogP contribution in [0.4, 0.5) is 0 Å². The lowest BCUT2D eigenvalue weighted by Gasteiger charge is -2.19. The van der Waals surface area contributed by atoms with Gasteiger partial charge in [0.1, 0.15) is 5.75 Å². The Morgan fingerprint density at radius 2 is 1.00 bits per heavy atom. The molecular formula is C40H66OS2. The highest BCUT2D eigenvalue weighted by atomic mass is 32.2. The summed E-state index contributed by atoms with van der Waals surface area (Å²) in [6.07, 6.45) is 28.1. The van der Waals surface area contributed by atoms with Gasteiger partial charge in [-0.1, -0.05) is 173 Å². The lowest BCUT2D eigenvalue weighted by atomic mass is 9.89. The first-order chi connectivity index (χ1) is 21.2. The van der Waals surface area contributed by atoms with Gasteiger partial charge in [0.15, 0.2) is 0 Å². The van der Waals surface area contributed by atoms with E-state index >= 15 is 0 Å². The lowest BCUT2D eigenvalue weighted by molar-refractivity contribution is 0.466. The third-order valence-electron chi connectivity index (χ3n) is 8.89. The summed E-state index contributed by atoms with van der Waals surface area (Å²) < 4.78 is 0. The Morgan fingerprint density at radius 3 is 1.51 bits per heavy atom. The molecule has 1 N–H and O–H groups in total. The molecular weight excluding hydrogens is 561 g/mol. The van der Waals surface area contributed by atoms with Crippen molar-refractivity contribution in [2.75, 3.05) is 11.5 Å². The fourth-order valence-corrected chi connectivity index (χ4v) is 8.06. The van der Waals surface area contributed by atoms with E-state index in [0.29, 0.717) is 5.75 Å². The zero-order valence-corrected chi connectivity index (χ0v) is 30.0. The van der Waals surface area contributed by atoms with Crippen LogP contribution in [0.1, 0.15) is 177 Å². The van der Waals surface area contributed by atoms with E-state index in [2.05, 4.69) is 68.6 Å². The van der Waals surface area contributed by atoms with E-state index in [0.717, 1.165) is 17.1 Å². The highest BCUT2D eigenvalue weighted by Crippen LogP contribution is 2.35. The highest BCUT2D eigenvalue weighted by Gasteiger charge is 2.16. The molecule has 0 aromatic heterocycles. The van der Waals surface area contributed by atoms with Gasteiger partial charge in [-0.15, -0.1) is 0 Å². The number of phenolic OH excluding ortho intramolecular Hbond substituents is 1. The van der Waals surface area contributed by atoms with Gasteiger partial charge in [-0.3, -0.25) is 0 Å². The molecule has 0 bridgehead atoms. The van der Waals surface area contributed by atoms with Gasteiger partial charge in [0.05, 0.1) is 0 Å². The molecule has 0 aliphatic rings. The second-order valence-corrected chi connectivity index (χ2v) is 15.0. The van der Waals surface area contributed by atoms with Crippen LogP contribution in [0, 0.1) is 0 Å². The quantitative estimate of drug-likeness (QED) is 0.0949. The fourth-order valence-electron chi connectivity index (χ4n) is 6.07. The lowest BCUT2D eigenvalue weighted by Crippen LogP contribution is -2.02. The molecule has 0 heterocycles. The van der Waals surface area contributed by atoms with Gasteiger partial charge in [-0.05, 0) is 47.1 Å². The molecule has 0 aliphatic heterocycles. The number of benzene rings is 2. The summed E-state index contributed by atoms with van der Waals surface area (Å²) in [6, 6.07) is 15.0. The van der Waals surface area contributed by atoms with Crippen LogP contribution in [0.15, 0.2) is 42.5 Å². The topological polar surface area (TPSA) is 20.2 Å². The Hall–Kier alpha value is -1.06. The van der Waals surface area contributed by atoms with Crippen molar-refractivity contribution in [2.24, 2.45) is 0 Å². The van der Waals surface area contributed by atoms with E-state index in [4.69, 9.17) is 0 Å². The third-order valence-corrected chi connectivity index (χ3v) is 11.1. The van der Waals surface area contributed by atoms with E-state index in [1.165, 1.54) is 157 Å². The van der Waals surface area contributed by atoms with Crippen molar-refractivity contribution in [2.45, 2.75) is 167 Å². The molecule has 1 unspecified atom stereocenters.